The van der Waals surface area contributed by atoms with E-state index in [2.05, 4.69) is 36.6 Å². The van der Waals surface area contributed by atoms with Crippen LogP contribution in [0.25, 0.3) is 0 Å². The molecule has 1 aliphatic carbocycles. The number of benzene rings is 1. The molecule has 0 saturated heterocycles. The zero-order valence-electron chi connectivity index (χ0n) is 11.1. The molecule has 2 rings (SSSR count). The molecule has 3 nitrogen and oxygen atoms in total. The molecule has 0 radical (unpaired) electrons. The van der Waals surface area contributed by atoms with E-state index in [1.54, 1.807) is 0 Å². The Kier molecular flexibility index (Phi) is 6.43. The van der Waals surface area contributed by atoms with Crippen molar-refractivity contribution in [3.63, 3.8) is 0 Å². The molecule has 1 aliphatic rings. The maximum Gasteiger partial charge on any atom is 0.243 e. The Morgan fingerprint density at radius 1 is 1.19 bits per heavy atom. The lowest BCUT2D eigenvalue weighted by molar-refractivity contribution is 0.316. The summed E-state index contributed by atoms with van der Waals surface area (Å²) in [5, 5.41) is 1.02. The number of nitrogens with one attached hydrogen (secondary N) is 1. The van der Waals surface area contributed by atoms with Crippen LogP contribution in [0.5, 0.6) is 0 Å². The maximum atomic E-state index is 12.6. The zero-order chi connectivity index (χ0) is 15.6. The molecule has 0 bridgehead atoms. The van der Waals surface area contributed by atoms with Crippen LogP contribution in [-0.2, 0) is 10.0 Å². The molecule has 2 unspecified atom stereocenters. The molecule has 118 valence electrons. The van der Waals surface area contributed by atoms with Crippen molar-refractivity contribution in [3.8, 4) is 0 Å². The van der Waals surface area contributed by atoms with Gasteiger partial charge in [-0.05, 0) is 30.9 Å². The predicted octanol–water partition coefficient (Wildman–Crippen LogP) is 4.99. The van der Waals surface area contributed by atoms with E-state index >= 15 is 0 Å². The van der Waals surface area contributed by atoms with E-state index in [1.165, 1.54) is 12.1 Å². The molecule has 0 spiro atoms. The van der Waals surface area contributed by atoms with Gasteiger partial charge in [-0.2, -0.15) is 0 Å². The molecule has 0 aromatic heterocycles. The minimum Gasteiger partial charge on any atom is -0.208 e. The predicted molar refractivity (Wildman–Crippen MR) is 94.0 cm³/mol. The quantitative estimate of drug-likeness (QED) is 0.618. The number of sulfonamides is 1. The Labute approximate surface area is 152 Å². The first kappa shape index (κ1) is 18.0. The third-order valence-corrected chi connectivity index (χ3v) is 7.35. The number of hydrogen-bond acceptors (Lipinski definition) is 2. The van der Waals surface area contributed by atoms with Crippen molar-refractivity contribution in [1.82, 2.24) is 4.72 Å². The average Bonchev–Trinajstić information content (AvgIpc) is 2.37. The Bertz CT molecular complexity index is 602. The van der Waals surface area contributed by atoms with Crippen molar-refractivity contribution in [2.24, 2.45) is 5.92 Å². The molecule has 1 saturated carbocycles. The smallest absolute Gasteiger partial charge is 0.208 e. The fourth-order valence-electron chi connectivity index (χ4n) is 2.59. The topological polar surface area (TPSA) is 46.2 Å². The highest BCUT2D eigenvalue weighted by Gasteiger charge is 2.31. The van der Waals surface area contributed by atoms with Gasteiger partial charge in [0.05, 0.1) is 10.0 Å². The molecule has 2 atom stereocenters. The largest absolute Gasteiger partial charge is 0.243 e. The third-order valence-electron chi connectivity index (χ3n) is 3.65. The monoisotopic (exact) mass is 477 g/mol. The van der Waals surface area contributed by atoms with Gasteiger partial charge in [-0.25, -0.2) is 13.1 Å². The summed E-state index contributed by atoms with van der Waals surface area (Å²) < 4.78 is 28.6. The molecular weight excluding hydrogens is 465 g/mol. The molecule has 0 heterocycles. The lowest BCUT2D eigenvalue weighted by Gasteiger charge is -2.30. The summed E-state index contributed by atoms with van der Waals surface area (Å²) in [5.41, 5.74) is 0. The SMILES string of the molecule is O=S(=O)(NC1CCCCC1CBr)c1c(Cl)cc(Br)cc1Cl. The van der Waals surface area contributed by atoms with Gasteiger partial charge in [-0.3, -0.25) is 0 Å². The van der Waals surface area contributed by atoms with Crippen LogP contribution < -0.4 is 4.72 Å². The summed E-state index contributed by atoms with van der Waals surface area (Å²) in [6.07, 6.45) is 4.01. The van der Waals surface area contributed by atoms with E-state index in [1.807, 2.05) is 0 Å². The molecule has 1 aromatic carbocycles. The summed E-state index contributed by atoms with van der Waals surface area (Å²) in [5.74, 6) is 0.293. The first-order valence-corrected chi connectivity index (χ1v) is 10.7. The lowest BCUT2D eigenvalue weighted by Crippen LogP contribution is -2.42. The number of halogens is 4. The summed E-state index contributed by atoms with van der Waals surface area (Å²) >= 11 is 18.8. The molecule has 1 fully saturated rings. The molecule has 0 aliphatic heterocycles. The summed E-state index contributed by atoms with van der Waals surface area (Å²) in [6.45, 7) is 0. The minimum absolute atomic E-state index is 0.0482. The zero-order valence-corrected chi connectivity index (χ0v) is 16.6. The summed E-state index contributed by atoms with van der Waals surface area (Å²) in [7, 11) is -3.74. The second-order valence-electron chi connectivity index (χ2n) is 5.13. The highest BCUT2D eigenvalue weighted by Crippen LogP contribution is 2.34. The van der Waals surface area contributed by atoms with Crippen LogP contribution in [0.15, 0.2) is 21.5 Å². The van der Waals surface area contributed by atoms with E-state index in [0.717, 1.165) is 31.0 Å². The molecule has 8 heteroatoms. The second-order valence-corrected chi connectivity index (χ2v) is 9.15. The van der Waals surface area contributed by atoms with Gasteiger partial charge in [0.15, 0.2) is 0 Å². The van der Waals surface area contributed by atoms with Gasteiger partial charge >= 0.3 is 0 Å². The van der Waals surface area contributed by atoms with Gasteiger partial charge < -0.3 is 0 Å². The maximum absolute atomic E-state index is 12.6. The van der Waals surface area contributed by atoms with Crippen molar-refractivity contribution in [2.45, 2.75) is 36.6 Å². The fraction of sp³-hybridized carbons (Fsp3) is 0.538. The average molecular weight is 480 g/mol. The molecular formula is C13H15Br2Cl2NO2S. The van der Waals surface area contributed by atoms with Crippen LogP contribution in [-0.4, -0.2) is 19.8 Å². The normalized spacial score (nSPS) is 23.2. The van der Waals surface area contributed by atoms with Crippen LogP contribution in [0.2, 0.25) is 10.0 Å². The summed E-state index contributed by atoms with van der Waals surface area (Å²) in [6, 6.07) is 2.98. The first-order chi connectivity index (χ1) is 9.85. The standard InChI is InChI=1S/C13H15Br2Cl2NO2S/c14-7-8-3-1-2-4-12(8)18-21(19,20)13-10(16)5-9(15)6-11(13)17/h5-6,8,12,18H,1-4,7H2. The van der Waals surface area contributed by atoms with Crippen molar-refractivity contribution < 1.29 is 8.42 Å². The second kappa shape index (κ2) is 7.49. The third kappa shape index (κ3) is 4.36. The van der Waals surface area contributed by atoms with Crippen LogP contribution in [0.1, 0.15) is 25.7 Å². The highest BCUT2D eigenvalue weighted by atomic mass is 79.9. The first-order valence-electron chi connectivity index (χ1n) is 6.58. The highest BCUT2D eigenvalue weighted by molar-refractivity contribution is 9.10. The van der Waals surface area contributed by atoms with E-state index in [9.17, 15) is 8.42 Å². The Hall–Kier alpha value is 0.670. The fourth-order valence-corrected chi connectivity index (χ4v) is 6.64. The minimum atomic E-state index is -3.74. The van der Waals surface area contributed by atoms with Crippen molar-refractivity contribution in [2.75, 3.05) is 5.33 Å². The molecule has 1 aromatic rings. The van der Waals surface area contributed by atoms with Crippen LogP contribution in [0.4, 0.5) is 0 Å². The van der Waals surface area contributed by atoms with Crippen LogP contribution in [0.3, 0.4) is 0 Å². The van der Waals surface area contributed by atoms with Crippen molar-refractivity contribution in [3.05, 3.63) is 26.7 Å². The number of hydrogen-bond donors (Lipinski definition) is 1. The van der Waals surface area contributed by atoms with Gasteiger partial charge in [0.1, 0.15) is 4.90 Å². The Morgan fingerprint density at radius 3 is 2.33 bits per heavy atom. The van der Waals surface area contributed by atoms with Crippen LogP contribution >= 0.6 is 55.1 Å². The van der Waals surface area contributed by atoms with Gasteiger partial charge in [-0.1, -0.05) is 67.9 Å². The van der Waals surface area contributed by atoms with Gasteiger partial charge in [0.25, 0.3) is 0 Å². The van der Waals surface area contributed by atoms with Gasteiger partial charge in [0, 0.05) is 15.8 Å². The molecule has 1 N–H and O–H groups in total. The van der Waals surface area contributed by atoms with Crippen molar-refractivity contribution >= 4 is 65.1 Å². The number of alkyl halides is 1. The van der Waals surface area contributed by atoms with E-state index in [4.69, 9.17) is 23.2 Å². The summed E-state index contributed by atoms with van der Waals surface area (Å²) in [4.78, 5) is -0.0482. The Balaban J connectivity index is 2.30. The van der Waals surface area contributed by atoms with E-state index < -0.39 is 10.0 Å². The molecule has 0 amide bonds. The molecule has 21 heavy (non-hydrogen) atoms. The lowest BCUT2D eigenvalue weighted by atomic mass is 9.87. The van der Waals surface area contributed by atoms with E-state index in [-0.39, 0.29) is 21.0 Å². The van der Waals surface area contributed by atoms with Crippen LogP contribution in [0, 0.1) is 5.92 Å². The number of rotatable bonds is 4. The van der Waals surface area contributed by atoms with Gasteiger partial charge in [0.2, 0.25) is 10.0 Å². The van der Waals surface area contributed by atoms with E-state index in [0.29, 0.717) is 10.4 Å². The van der Waals surface area contributed by atoms with Crippen molar-refractivity contribution in [1.29, 1.82) is 0 Å². The Morgan fingerprint density at radius 2 is 1.76 bits per heavy atom. The van der Waals surface area contributed by atoms with Gasteiger partial charge in [-0.15, -0.1) is 0 Å².